The third-order valence-electron chi connectivity index (χ3n) is 2.96. The molecule has 0 aromatic heterocycles. The Bertz CT molecular complexity index is 125. The fraction of sp³-hybridized carbons (Fsp3) is 1.00. The van der Waals surface area contributed by atoms with Gasteiger partial charge in [0.25, 0.3) is 0 Å². The third kappa shape index (κ3) is 3.57. The van der Waals surface area contributed by atoms with Gasteiger partial charge >= 0.3 is 0 Å². The second kappa shape index (κ2) is 4.27. The van der Waals surface area contributed by atoms with Crippen LogP contribution in [0.25, 0.3) is 0 Å². The van der Waals surface area contributed by atoms with E-state index in [0.717, 1.165) is 11.8 Å². The van der Waals surface area contributed by atoms with Crippen LogP contribution in [0.1, 0.15) is 34.6 Å². The van der Waals surface area contributed by atoms with Crippen LogP contribution >= 0.6 is 0 Å². The van der Waals surface area contributed by atoms with Gasteiger partial charge in [-0.15, -0.1) is 0 Å². The minimum absolute atomic E-state index is 0.428. The van der Waals surface area contributed by atoms with Gasteiger partial charge in [-0.3, -0.25) is 0 Å². The second-order valence-electron chi connectivity index (χ2n) is 5.26. The van der Waals surface area contributed by atoms with E-state index in [1.165, 1.54) is 6.54 Å². The van der Waals surface area contributed by atoms with Gasteiger partial charge in [-0.1, -0.05) is 34.6 Å². The van der Waals surface area contributed by atoms with Gasteiger partial charge < -0.3 is 4.90 Å². The van der Waals surface area contributed by atoms with E-state index >= 15 is 0 Å². The second-order valence-corrected chi connectivity index (χ2v) is 5.26. The molecule has 0 saturated heterocycles. The maximum absolute atomic E-state index is 2.36. The molecule has 0 bridgehead atoms. The lowest BCUT2D eigenvalue weighted by Gasteiger charge is -2.36. The molecule has 0 aliphatic carbocycles. The Kier molecular flexibility index (Phi) is 4.25. The van der Waals surface area contributed by atoms with E-state index in [-0.39, 0.29) is 0 Å². The van der Waals surface area contributed by atoms with Gasteiger partial charge in [0.2, 0.25) is 0 Å². The molecule has 0 heterocycles. The molecule has 0 rings (SSSR count). The molecule has 12 heavy (non-hydrogen) atoms. The summed E-state index contributed by atoms with van der Waals surface area (Å²) in [5.74, 6) is 1.56. The predicted molar refractivity (Wildman–Crippen MR) is 56.3 cm³/mol. The molecule has 0 amide bonds. The summed E-state index contributed by atoms with van der Waals surface area (Å²) < 4.78 is 0. The van der Waals surface area contributed by atoms with Crippen molar-refractivity contribution < 1.29 is 0 Å². The van der Waals surface area contributed by atoms with E-state index in [4.69, 9.17) is 0 Å². The van der Waals surface area contributed by atoms with Gasteiger partial charge in [0.1, 0.15) is 0 Å². The topological polar surface area (TPSA) is 3.24 Å². The van der Waals surface area contributed by atoms with Crippen molar-refractivity contribution in [3.63, 3.8) is 0 Å². The summed E-state index contributed by atoms with van der Waals surface area (Å²) >= 11 is 0. The molecule has 0 spiro atoms. The average molecular weight is 171 g/mol. The van der Waals surface area contributed by atoms with E-state index < -0.39 is 0 Å². The van der Waals surface area contributed by atoms with E-state index in [1.54, 1.807) is 0 Å². The van der Waals surface area contributed by atoms with Crippen LogP contribution in [0.2, 0.25) is 0 Å². The molecule has 74 valence electrons. The lowest BCUT2D eigenvalue weighted by Crippen LogP contribution is -2.36. The standard InChI is InChI=1S/C11H25N/c1-9(2)10(3)11(4,5)8-12(6)7/h9-10H,8H2,1-7H3/t10-/m1/s1. The van der Waals surface area contributed by atoms with Gasteiger partial charge in [0.15, 0.2) is 0 Å². The molecule has 1 heteroatoms. The Hall–Kier alpha value is -0.0400. The van der Waals surface area contributed by atoms with Crippen LogP contribution in [0.5, 0.6) is 0 Å². The van der Waals surface area contributed by atoms with Gasteiger partial charge in [-0.25, -0.2) is 0 Å². The summed E-state index contributed by atoms with van der Waals surface area (Å²) in [6.45, 7) is 12.9. The smallest absolute Gasteiger partial charge is 0.00292 e. The largest absolute Gasteiger partial charge is 0.309 e. The van der Waals surface area contributed by atoms with Gasteiger partial charge in [0, 0.05) is 6.54 Å². The summed E-state index contributed by atoms with van der Waals surface area (Å²) in [5, 5.41) is 0. The molecule has 1 nitrogen and oxygen atoms in total. The zero-order valence-electron chi connectivity index (χ0n) is 9.81. The number of hydrogen-bond donors (Lipinski definition) is 0. The van der Waals surface area contributed by atoms with Gasteiger partial charge in [-0.05, 0) is 31.3 Å². The van der Waals surface area contributed by atoms with Crippen LogP contribution in [-0.4, -0.2) is 25.5 Å². The molecular weight excluding hydrogens is 146 g/mol. The fourth-order valence-corrected chi connectivity index (χ4v) is 1.86. The number of hydrogen-bond acceptors (Lipinski definition) is 1. The minimum atomic E-state index is 0.428. The number of rotatable bonds is 4. The first kappa shape index (κ1) is 12.0. The van der Waals surface area contributed by atoms with Crippen molar-refractivity contribution in [2.24, 2.45) is 17.3 Å². The SMILES string of the molecule is CC(C)[C@@H](C)C(C)(C)CN(C)C. The molecule has 0 unspecified atom stereocenters. The van der Waals surface area contributed by atoms with Crippen molar-refractivity contribution in [3.8, 4) is 0 Å². The molecular formula is C11H25N. The summed E-state index contributed by atoms with van der Waals surface area (Å²) in [4.78, 5) is 2.28. The highest BCUT2D eigenvalue weighted by atomic mass is 15.1. The molecule has 0 aromatic carbocycles. The van der Waals surface area contributed by atoms with Crippen LogP contribution in [0.3, 0.4) is 0 Å². The molecule has 0 radical (unpaired) electrons. The van der Waals surface area contributed by atoms with Crippen molar-refractivity contribution in [1.82, 2.24) is 4.90 Å². The van der Waals surface area contributed by atoms with Crippen LogP contribution < -0.4 is 0 Å². The lowest BCUT2D eigenvalue weighted by molar-refractivity contribution is 0.128. The Morgan fingerprint density at radius 1 is 1.08 bits per heavy atom. The summed E-state index contributed by atoms with van der Waals surface area (Å²) in [6, 6.07) is 0. The summed E-state index contributed by atoms with van der Waals surface area (Å²) in [7, 11) is 4.30. The van der Waals surface area contributed by atoms with Crippen molar-refractivity contribution in [2.45, 2.75) is 34.6 Å². The van der Waals surface area contributed by atoms with Crippen molar-refractivity contribution in [1.29, 1.82) is 0 Å². The number of nitrogens with zero attached hydrogens (tertiary/aromatic N) is 1. The first-order valence-electron chi connectivity index (χ1n) is 4.92. The molecule has 0 aliphatic heterocycles. The fourth-order valence-electron chi connectivity index (χ4n) is 1.86. The molecule has 1 atom stereocenters. The normalized spacial score (nSPS) is 15.8. The Balaban J connectivity index is 4.18. The zero-order chi connectivity index (χ0) is 9.94. The van der Waals surface area contributed by atoms with E-state index in [1.807, 2.05) is 0 Å². The Morgan fingerprint density at radius 2 is 1.50 bits per heavy atom. The van der Waals surface area contributed by atoms with Crippen molar-refractivity contribution in [2.75, 3.05) is 20.6 Å². The van der Waals surface area contributed by atoms with Crippen LogP contribution in [0.15, 0.2) is 0 Å². The molecule has 0 aliphatic rings. The molecule has 0 aromatic rings. The lowest BCUT2D eigenvalue weighted by atomic mass is 9.74. The molecule has 0 N–H and O–H groups in total. The maximum atomic E-state index is 2.36. The maximum Gasteiger partial charge on any atom is 0.00292 e. The summed E-state index contributed by atoms with van der Waals surface area (Å²) in [6.07, 6.45) is 0. The Labute approximate surface area is 78.1 Å². The van der Waals surface area contributed by atoms with E-state index in [9.17, 15) is 0 Å². The first-order chi connectivity index (χ1) is 5.27. The first-order valence-corrected chi connectivity index (χ1v) is 4.92. The highest BCUT2D eigenvalue weighted by molar-refractivity contribution is 4.79. The van der Waals surface area contributed by atoms with Crippen LogP contribution in [-0.2, 0) is 0 Å². The highest BCUT2D eigenvalue weighted by Gasteiger charge is 2.28. The monoisotopic (exact) mass is 171 g/mol. The summed E-state index contributed by atoms with van der Waals surface area (Å²) in [5.41, 5.74) is 0.428. The quantitative estimate of drug-likeness (QED) is 0.628. The van der Waals surface area contributed by atoms with Crippen LogP contribution in [0, 0.1) is 17.3 Å². The average Bonchev–Trinajstić information content (AvgIpc) is 1.82. The minimum Gasteiger partial charge on any atom is -0.309 e. The molecule has 0 fully saturated rings. The van der Waals surface area contributed by atoms with Crippen molar-refractivity contribution >= 4 is 0 Å². The molecule has 0 saturated carbocycles. The van der Waals surface area contributed by atoms with Crippen molar-refractivity contribution in [3.05, 3.63) is 0 Å². The van der Waals surface area contributed by atoms with Gasteiger partial charge in [-0.2, -0.15) is 0 Å². The zero-order valence-corrected chi connectivity index (χ0v) is 9.81. The van der Waals surface area contributed by atoms with Crippen LogP contribution in [0.4, 0.5) is 0 Å². The predicted octanol–water partition coefficient (Wildman–Crippen LogP) is 2.87. The van der Waals surface area contributed by atoms with E-state index in [2.05, 4.69) is 53.6 Å². The van der Waals surface area contributed by atoms with Gasteiger partial charge in [0.05, 0.1) is 0 Å². The van der Waals surface area contributed by atoms with E-state index in [0.29, 0.717) is 5.41 Å². The third-order valence-corrected chi connectivity index (χ3v) is 2.96. The highest BCUT2D eigenvalue weighted by Crippen LogP contribution is 2.32. The Morgan fingerprint density at radius 3 is 1.75 bits per heavy atom.